The third-order valence-corrected chi connectivity index (χ3v) is 5.21. The van der Waals surface area contributed by atoms with Crippen molar-refractivity contribution >= 4 is 5.97 Å². The summed E-state index contributed by atoms with van der Waals surface area (Å²) in [6.45, 7) is 7.40. The quantitative estimate of drug-likeness (QED) is 0.174. The fourth-order valence-corrected chi connectivity index (χ4v) is 3.42. The zero-order chi connectivity index (χ0) is 18.6. The number of hydrogen-bond donors (Lipinski definition) is 0. The molecule has 2 heteroatoms. The van der Waals surface area contributed by atoms with Crippen molar-refractivity contribution < 1.29 is 9.53 Å². The summed E-state index contributed by atoms with van der Waals surface area (Å²) in [5.41, 5.74) is 0. The Morgan fingerprint density at radius 3 is 1.80 bits per heavy atom. The van der Waals surface area contributed by atoms with Crippen molar-refractivity contribution in [2.75, 3.05) is 6.61 Å². The molecule has 0 aromatic rings. The van der Waals surface area contributed by atoms with Crippen LogP contribution in [0.1, 0.15) is 130 Å². The number of carbonyl (C=O) groups excluding carboxylic acids is 1. The molecule has 0 spiro atoms. The van der Waals surface area contributed by atoms with Crippen LogP contribution < -0.4 is 0 Å². The summed E-state index contributed by atoms with van der Waals surface area (Å²) in [5.74, 6) is 0.775. The molecule has 0 aliphatic heterocycles. The van der Waals surface area contributed by atoms with Crippen LogP contribution in [0.2, 0.25) is 0 Å². The second-order valence-electron chi connectivity index (χ2n) is 7.74. The lowest BCUT2D eigenvalue weighted by Crippen LogP contribution is -2.10. The average molecular weight is 355 g/mol. The van der Waals surface area contributed by atoms with Gasteiger partial charge in [-0.3, -0.25) is 4.79 Å². The van der Waals surface area contributed by atoms with Gasteiger partial charge in [0.2, 0.25) is 0 Å². The van der Waals surface area contributed by atoms with Crippen LogP contribution in [0.4, 0.5) is 0 Å². The molecule has 0 aliphatic carbocycles. The number of hydrogen-bond acceptors (Lipinski definition) is 2. The predicted molar refractivity (Wildman–Crippen MR) is 110 cm³/mol. The smallest absolute Gasteiger partial charge is 0.305 e. The highest BCUT2D eigenvalue weighted by molar-refractivity contribution is 5.69. The molecule has 0 fully saturated rings. The van der Waals surface area contributed by atoms with Gasteiger partial charge in [-0.05, 0) is 18.8 Å². The first-order valence-electron chi connectivity index (χ1n) is 11.4. The lowest BCUT2D eigenvalue weighted by atomic mass is 9.92. The van der Waals surface area contributed by atoms with Gasteiger partial charge >= 0.3 is 5.97 Å². The standard InChI is InChI=1S/C23H46O2/c1-4-7-10-12-13-14-16-19-23(24)25-21-20-22(17-9-6-3)18-15-11-8-5-2/h22H,4-21H2,1-3H3. The maximum Gasteiger partial charge on any atom is 0.305 e. The summed E-state index contributed by atoms with van der Waals surface area (Å²) in [7, 11) is 0. The maximum atomic E-state index is 11.9. The van der Waals surface area contributed by atoms with Gasteiger partial charge in [0.25, 0.3) is 0 Å². The lowest BCUT2D eigenvalue weighted by molar-refractivity contribution is -0.144. The second kappa shape index (κ2) is 19.8. The van der Waals surface area contributed by atoms with Gasteiger partial charge < -0.3 is 4.74 Å². The van der Waals surface area contributed by atoms with Crippen molar-refractivity contribution in [2.24, 2.45) is 5.92 Å². The van der Waals surface area contributed by atoms with E-state index < -0.39 is 0 Å². The first kappa shape index (κ1) is 24.5. The maximum absolute atomic E-state index is 11.9. The molecule has 1 unspecified atom stereocenters. The van der Waals surface area contributed by atoms with Gasteiger partial charge in [0, 0.05) is 6.42 Å². The van der Waals surface area contributed by atoms with E-state index in [9.17, 15) is 4.79 Å². The third-order valence-electron chi connectivity index (χ3n) is 5.21. The van der Waals surface area contributed by atoms with Gasteiger partial charge in [0.15, 0.2) is 0 Å². The van der Waals surface area contributed by atoms with E-state index in [0.717, 1.165) is 18.8 Å². The van der Waals surface area contributed by atoms with Gasteiger partial charge in [0.1, 0.15) is 0 Å². The Morgan fingerprint density at radius 2 is 1.16 bits per heavy atom. The van der Waals surface area contributed by atoms with E-state index in [0.29, 0.717) is 13.0 Å². The highest BCUT2D eigenvalue weighted by Crippen LogP contribution is 2.21. The van der Waals surface area contributed by atoms with Crippen LogP contribution in [0.3, 0.4) is 0 Å². The molecule has 2 nitrogen and oxygen atoms in total. The molecule has 0 rings (SSSR count). The van der Waals surface area contributed by atoms with Gasteiger partial charge in [0.05, 0.1) is 6.61 Å². The third kappa shape index (κ3) is 18.1. The second-order valence-corrected chi connectivity index (χ2v) is 7.74. The van der Waals surface area contributed by atoms with Crippen LogP contribution in [0.15, 0.2) is 0 Å². The van der Waals surface area contributed by atoms with Crippen molar-refractivity contribution in [1.29, 1.82) is 0 Å². The average Bonchev–Trinajstić information content (AvgIpc) is 2.61. The van der Waals surface area contributed by atoms with Crippen LogP contribution in [-0.2, 0) is 9.53 Å². The molecule has 0 aromatic heterocycles. The molecule has 25 heavy (non-hydrogen) atoms. The molecule has 150 valence electrons. The fourth-order valence-electron chi connectivity index (χ4n) is 3.42. The molecule has 0 radical (unpaired) electrons. The summed E-state index contributed by atoms with van der Waals surface area (Å²) < 4.78 is 5.49. The topological polar surface area (TPSA) is 26.3 Å². The van der Waals surface area contributed by atoms with E-state index in [-0.39, 0.29) is 5.97 Å². The van der Waals surface area contributed by atoms with E-state index >= 15 is 0 Å². The zero-order valence-corrected chi connectivity index (χ0v) is 17.6. The van der Waals surface area contributed by atoms with Crippen LogP contribution in [0.25, 0.3) is 0 Å². The van der Waals surface area contributed by atoms with Crippen LogP contribution >= 0.6 is 0 Å². The number of unbranched alkanes of at least 4 members (excludes halogenated alkanes) is 10. The van der Waals surface area contributed by atoms with Crippen molar-refractivity contribution in [1.82, 2.24) is 0 Å². The molecule has 0 aliphatic rings. The van der Waals surface area contributed by atoms with Crippen molar-refractivity contribution in [3.63, 3.8) is 0 Å². The van der Waals surface area contributed by atoms with E-state index in [1.54, 1.807) is 0 Å². The van der Waals surface area contributed by atoms with E-state index in [4.69, 9.17) is 4.74 Å². The van der Waals surface area contributed by atoms with Gasteiger partial charge in [-0.15, -0.1) is 0 Å². The Balaban J connectivity index is 3.66. The molecule has 0 saturated carbocycles. The monoisotopic (exact) mass is 354 g/mol. The van der Waals surface area contributed by atoms with Gasteiger partial charge in [-0.25, -0.2) is 0 Å². The van der Waals surface area contributed by atoms with E-state index in [1.165, 1.54) is 89.9 Å². The highest BCUT2D eigenvalue weighted by atomic mass is 16.5. The van der Waals surface area contributed by atoms with Crippen LogP contribution in [0, 0.1) is 5.92 Å². The number of rotatable bonds is 19. The molecule has 0 N–H and O–H groups in total. The Kier molecular flexibility index (Phi) is 19.4. The molecule has 0 saturated heterocycles. The summed E-state index contributed by atoms with van der Waals surface area (Å²) >= 11 is 0. The number of carbonyl (C=O) groups is 1. The molecule has 0 heterocycles. The van der Waals surface area contributed by atoms with Crippen molar-refractivity contribution in [3.8, 4) is 0 Å². The first-order valence-corrected chi connectivity index (χ1v) is 11.4. The number of ether oxygens (including phenoxy) is 1. The lowest BCUT2D eigenvalue weighted by Gasteiger charge is -2.16. The normalized spacial score (nSPS) is 12.3. The summed E-state index contributed by atoms with van der Waals surface area (Å²) in [4.78, 5) is 11.9. The molecular weight excluding hydrogens is 308 g/mol. The van der Waals surface area contributed by atoms with E-state index in [1.807, 2.05) is 0 Å². The Bertz CT molecular complexity index is 275. The molecule has 0 aromatic carbocycles. The molecule has 0 bridgehead atoms. The summed E-state index contributed by atoms with van der Waals surface area (Å²) in [5, 5.41) is 0. The van der Waals surface area contributed by atoms with Crippen molar-refractivity contribution in [2.45, 2.75) is 130 Å². The predicted octanol–water partition coefficient (Wildman–Crippen LogP) is 7.84. The van der Waals surface area contributed by atoms with Crippen LogP contribution in [-0.4, -0.2) is 12.6 Å². The van der Waals surface area contributed by atoms with Gasteiger partial charge in [-0.2, -0.15) is 0 Å². The molecule has 1 atom stereocenters. The zero-order valence-electron chi connectivity index (χ0n) is 17.6. The van der Waals surface area contributed by atoms with E-state index in [2.05, 4.69) is 20.8 Å². The first-order chi connectivity index (χ1) is 12.2. The molecular formula is C23H46O2. The summed E-state index contributed by atoms with van der Waals surface area (Å²) in [6.07, 6.45) is 21.0. The molecule has 0 amide bonds. The summed E-state index contributed by atoms with van der Waals surface area (Å²) in [6, 6.07) is 0. The Hall–Kier alpha value is -0.530. The minimum atomic E-state index is 0.0220. The Labute approximate surface area is 158 Å². The minimum absolute atomic E-state index is 0.0220. The van der Waals surface area contributed by atoms with Gasteiger partial charge in [-0.1, -0.05) is 111 Å². The SMILES string of the molecule is CCCCCCCCCC(=O)OCCC(CCCC)CCCCCC. The number of esters is 1. The van der Waals surface area contributed by atoms with Crippen molar-refractivity contribution in [3.05, 3.63) is 0 Å². The largest absolute Gasteiger partial charge is 0.466 e. The minimum Gasteiger partial charge on any atom is -0.466 e. The highest BCUT2D eigenvalue weighted by Gasteiger charge is 2.10. The Morgan fingerprint density at radius 1 is 0.640 bits per heavy atom. The fraction of sp³-hybridized carbons (Fsp3) is 0.957. The van der Waals surface area contributed by atoms with Crippen LogP contribution in [0.5, 0.6) is 0 Å².